The van der Waals surface area contributed by atoms with E-state index in [4.69, 9.17) is 16.3 Å². The molecular formula is C23H27ClN2O4S. The van der Waals surface area contributed by atoms with Crippen molar-refractivity contribution in [2.75, 3.05) is 33.4 Å². The zero-order valence-electron chi connectivity index (χ0n) is 17.5. The lowest BCUT2D eigenvalue weighted by Crippen LogP contribution is -2.49. The maximum atomic E-state index is 13.3. The number of hydrogen-bond acceptors (Lipinski definition) is 4. The third-order valence-corrected chi connectivity index (χ3v) is 7.56. The van der Waals surface area contributed by atoms with Gasteiger partial charge in [-0.2, -0.15) is 4.31 Å². The van der Waals surface area contributed by atoms with Crippen LogP contribution >= 0.6 is 11.6 Å². The SMILES string of the molecule is COCCN(C1CCN(C(=O)C=Cc2ccccc2)CC1)S(=O)(=O)c1ccc(Cl)cc1. The summed E-state index contributed by atoms with van der Waals surface area (Å²) >= 11 is 5.91. The average molecular weight is 463 g/mol. The van der Waals surface area contributed by atoms with E-state index in [1.807, 2.05) is 30.3 Å². The lowest BCUT2D eigenvalue weighted by molar-refractivity contribution is -0.127. The van der Waals surface area contributed by atoms with Crippen LogP contribution in [0.1, 0.15) is 18.4 Å². The normalized spacial score (nSPS) is 15.6. The van der Waals surface area contributed by atoms with E-state index in [0.29, 0.717) is 37.6 Å². The first-order valence-corrected chi connectivity index (χ1v) is 12.0. The van der Waals surface area contributed by atoms with E-state index in [0.717, 1.165) is 5.56 Å². The highest BCUT2D eigenvalue weighted by atomic mass is 35.5. The highest BCUT2D eigenvalue weighted by Gasteiger charge is 2.34. The molecule has 0 bridgehead atoms. The second-order valence-electron chi connectivity index (χ2n) is 7.36. The molecule has 0 saturated carbocycles. The van der Waals surface area contributed by atoms with Gasteiger partial charge in [-0.25, -0.2) is 8.42 Å². The number of likely N-dealkylation sites (tertiary alicyclic amines) is 1. The van der Waals surface area contributed by atoms with Gasteiger partial charge in [0.05, 0.1) is 11.5 Å². The van der Waals surface area contributed by atoms with Gasteiger partial charge in [-0.3, -0.25) is 4.79 Å². The Morgan fingerprint density at radius 3 is 2.39 bits per heavy atom. The van der Waals surface area contributed by atoms with E-state index >= 15 is 0 Å². The van der Waals surface area contributed by atoms with Crippen molar-refractivity contribution in [3.63, 3.8) is 0 Å². The number of hydrogen-bond donors (Lipinski definition) is 0. The van der Waals surface area contributed by atoms with Gasteiger partial charge in [-0.05, 0) is 48.7 Å². The molecule has 1 aliphatic heterocycles. The van der Waals surface area contributed by atoms with Crippen LogP contribution in [0.4, 0.5) is 0 Å². The minimum atomic E-state index is -3.70. The van der Waals surface area contributed by atoms with Crippen LogP contribution in [-0.4, -0.2) is 62.9 Å². The summed E-state index contributed by atoms with van der Waals surface area (Å²) in [4.78, 5) is 14.5. The molecule has 166 valence electrons. The van der Waals surface area contributed by atoms with Crippen molar-refractivity contribution in [3.8, 4) is 0 Å². The van der Waals surface area contributed by atoms with Gasteiger partial charge in [0.1, 0.15) is 0 Å². The second kappa shape index (κ2) is 10.9. The summed E-state index contributed by atoms with van der Waals surface area (Å²) in [5.74, 6) is -0.0636. The Balaban J connectivity index is 1.67. The Morgan fingerprint density at radius 1 is 1.13 bits per heavy atom. The van der Waals surface area contributed by atoms with Gasteiger partial charge >= 0.3 is 0 Å². The molecule has 1 aliphatic rings. The summed E-state index contributed by atoms with van der Waals surface area (Å²) in [7, 11) is -2.15. The summed E-state index contributed by atoms with van der Waals surface area (Å²) in [5.41, 5.74) is 0.963. The zero-order valence-corrected chi connectivity index (χ0v) is 19.1. The third-order valence-electron chi connectivity index (χ3n) is 5.34. The number of methoxy groups -OCH3 is 1. The van der Waals surface area contributed by atoms with Crippen molar-refractivity contribution in [2.45, 2.75) is 23.8 Å². The summed E-state index contributed by atoms with van der Waals surface area (Å²) in [6.07, 6.45) is 4.51. The van der Waals surface area contributed by atoms with Crippen molar-refractivity contribution in [1.82, 2.24) is 9.21 Å². The fourth-order valence-electron chi connectivity index (χ4n) is 3.63. The Labute approximate surface area is 189 Å². The molecule has 0 aliphatic carbocycles. The Hall–Kier alpha value is -2.19. The zero-order chi connectivity index (χ0) is 22.3. The lowest BCUT2D eigenvalue weighted by atomic mass is 10.0. The molecule has 8 heteroatoms. The van der Waals surface area contributed by atoms with E-state index in [1.54, 1.807) is 36.3 Å². The standard InChI is InChI=1S/C23H27ClN2O4S/c1-30-18-17-26(31(28,29)22-10-8-20(24)9-11-22)21-13-15-25(16-14-21)23(27)12-7-19-5-3-2-4-6-19/h2-12,21H,13-18H2,1H3. The van der Waals surface area contributed by atoms with Crippen LogP contribution in [0.3, 0.4) is 0 Å². The van der Waals surface area contributed by atoms with Crippen LogP contribution in [0.2, 0.25) is 5.02 Å². The first-order valence-electron chi connectivity index (χ1n) is 10.2. The van der Waals surface area contributed by atoms with Gasteiger partial charge in [0.2, 0.25) is 15.9 Å². The molecule has 0 unspecified atom stereocenters. The molecule has 0 radical (unpaired) electrons. The highest BCUT2D eigenvalue weighted by molar-refractivity contribution is 7.89. The van der Waals surface area contributed by atoms with Crippen LogP contribution in [-0.2, 0) is 19.6 Å². The third kappa shape index (κ3) is 6.17. The molecule has 2 aromatic rings. The molecule has 6 nitrogen and oxygen atoms in total. The van der Waals surface area contributed by atoms with Gasteiger partial charge in [0, 0.05) is 43.9 Å². The number of carbonyl (C=O) groups excluding carboxylic acids is 1. The summed E-state index contributed by atoms with van der Waals surface area (Å²) in [6, 6.07) is 15.6. The Kier molecular flexibility index (Phi) is 8.26. The molecule has 2 aromatic carbocycles. The van der Waals surface area contributed by atoms with E-state index in [2.05, 4.69) is 0 Å². The number of ether oxygens (including phenoxy) is 1. The summed E-state index contributed by atoms with van der Waals surface area (Å²) < 4.78 is 33.2. The Morgan fingerprint density at radius 2 is 1.77 bits per heavy atom. The number of rotatable bonds is 8. The smallest absolute Gasteiger partial charge is 0.246 e. The van der Waals surface area contributed by atoms with Crippen molar-refractivity contribution < 1.29 is 17.9 Å². The second-order valence-corrected chi connectivity index (χ2v) is 9.69. The first kappa shape index (κ1) is 23.5. The van der Waals surface area contributed by atoms with Gasteiger partial charge in [-0.15, -0.1) is 0 Å². The van der Waals surface area contributed by atoms with Crippen LogP contribution in [0.15, 0.2) is 65.6 Å². The monoisotopic (exact) mass is 462 g/mol. The molecule has 1 fully saturated rings. The van der Waals surface area contributed by atoms with E-state index in [1.165, 1.54) is 16.4 Å². The van der Waals surface area contributed by atoms with Gasteiger partial charge in [-0.1, -0.05) is 41.9 Å². The average Bonchev–Trinajstić information content (AvgIpc) is 2.79. The summed E-state index contributed by atoms with van der Waals surface area (Å²) in [5, 5.41) is 0.484. The van der Waals surface area contributed by atoms with Crippen LogP contribution in [0.25, 0.3) is 6.08 Å². The van der Waals surface area contributed by atoms with Crippen LogP contribution in [0.5, 0.6) is 0 Å². The fraction of sp³-hybridized carbons (Fsp3) is 0.348. The maximum absolute atomic E-state index is 13.3. The quantitative estimate of drug-likeness (QED) is 0.561. The van der Waals surface area contributed by atoms with E-state index < -0.39 is 10.0 Å². The summed E-state index contributed by atoms with van der Waals surface area (Å²) in [6.45, 7) is 1.56. The van der Waals surface area contributed by atoms with Crippen molar-refractivity contribution in [2.24, 2.45) is 0 Å². The number of halogens is 1. The number of piperidine rings is 1. The van der Waals surface area contributed by atoms with Gasteiger partial charge in [0.15, 0.2) is 0 Å². The molecule has 3 rings (SSSR count). The molecule has 1 saturated heterocycles. The van der Waals surface area contributed by atoms with Crippen molar-refractivity contribution in [3.05, 3.63) is 71.3 Å². The number of nitrogens with zero attached hydrogens (tertiary/aromatic N) is 2. The predicted octanol–water partition coefficient (Wildman–Crippen LogP) is 3.68. The predicted molar refractivity (Wildman–Crippen MR) is 122 cm³/mol. The maximum Gasteiger partial charge on any atom is 0.246 e. The topological polar surface area (TPSA) is 66.9 Å². The molecule has 1 amide bonds. The minimum absolute atomic E-state index is 0.0636. The van der Waals surface area contributed by atoms with Crippen LogP contribution in [0, 0.1) is 0 Å². The molecule has 0 N–H and O–H groups in total. The molecule has 0 aromatic heterocycles. The minimum Gasteiger partial charge on any atom is -0.383 e. The highest BCUT2D eigenvalue weighted by Crippen LogP contribution is 2.25. The Bertz CT molecular complexity index is 986. The lowest BCUT2D eigenvalue weighted by Gasteiger charge is -2.37. The molecule has 0 atom stereocenters. The van der Waals surface area contributed by atoms with Crippen molar-refractivity contribution >= 4 is 33.6 Å². The van der Waals surface area contributed by atoms with Crippen LogP contribution < -0.4 is 0 Å². The number of amides is 1. The molecule has 1 heterocycles. The fourth-order valence-corrected chi connectivity index (χ4v) is 5.43. The van der Waals surface area contributed by atoms with Gasteiger partial charge < -0.3 is 9.64 Å². The number of benzene rings is 2. The largest absolute Gasteiger partial charge is 0.383 e. The number of sulfonamides is 1. The van der Waals surface area contributed by atoms with Crippen molar-refractivity contribution in [1.29, 1.82) is 0 Å². The van der Waals surface area contributed by atoms with E-state index in [9.17, 15) is 13.2 Å². The molecule has 0 spiro atoms. The van der Waals surface area contributed by atoms with Gasteiger partial charge in [0.25, 0.3) is 0 Å². The number of carbonyl (C=O) groups is 1. The first-order chi connectivity index (χ1) is 14.9. The molecular weight excluding hydrogens is 436 g/mol. The van der Waals surface area contributed by atoms with E-state index in [-0.39, 0.29) is 23.4 Å². The molecule has 31 heavy (non-hydrogen) atoms.